The van der Waals surface area contributed by atoms with Crippen LogP contribution >= 0.6 is 0 Å². The molecule has 4 nitrogen and oxygen atoms in total. The molecule has 2 unspecified atom stereocenters. The molecular formula is C14H25N3O. The maximum absolute atomic E-state index is 12.7. The van der Waals surface area contributed by atoms with Gasteiger partial charge in [-0.15, -0.1) is 0 Å². The van der Waals surface area contributed by atoms with Gasteiger partial charge in [0.05, 0.1) is 5.41 Å². The van der Waals surface area contributed by atoms with Gasteiger partial charge in [-0.1, -0.05) is 6.42 Å². The lowest BCUT2D eigenvalue weighted by molar-refractivity contribution is -0.143. The number of piperidine rings is 1. The van der Waals surface area contributed by atoms with Crippen LogP contribution in [-0.2, 0) is 4.79 Å². The summed E-state index contributed by atoms with van der Waals surface area (Å²) in [6.07, 6.45) is 4.95. The molecule has 4 heteroatoms. The van der Waals surface area contributed by atoms with E-state index in [4.69, 9.17) is 0 Å². The summed E-state index contributed by atoms with van der Waals surface area (Å²) in [7, 11) is 0. The van der Waals surface area contributed by atoms with Crippen LogP contribution in [0.25, 0.3) is 0 Å². The molecule has 0 bridgehead atoms. The van der Waals surface area contributed by atoms with E-state index in [0.29, 0.717) is 11.9 Å². The fraction of sp³-hybridized carbons (Fsp3) is 0.929. The van der Waals surface area contributed by atoms with Crippen molar-refractivity contribution in [1.29, 1.82) is 0 Å². The topological polar surface area (TPSA) is 35.6 Å². The van der Waals surface area contributed by atoms with Crippen LogP contribution in [0.4, 0.5) is 0 Å². The van der Waals surface area contributed by atoms with Gasteiger partial charge in [0.15, 0.2) is 0 Å². The Morgan fingerprint density at radius 2 is 2.17 bits per heavy atom. The molecule has 3 heterocycles. The molecule has 0 aromatic heterocycles. The number of carbonyl (C=O) groups excluding carboxylic acids is 1. The Morgan fingerprint density at radius 1 is 1.28 bits per heavy atom. The zero-order valence-corrected chi connectivity index (χ0v) is 11.5. The van der Waals surface area contributed by atoms with Crippen LogP contribution in [0.15, 0.2) is 0 Å². The smallest absolute Gasteiger partial charge is 0.229 e. The fourth-order valence-corrected chi connectivity index (χ4v) is 3.72. The zero-order valence-electron chi connectivity index (χ0n) is 11.5. The number of nitrogens with one attached hydrogen (secondary N) is 1. The quantitative estimate of drug-likeness (QED) is 0.744. The standard InChI is InChI=1S/C14H25N3O/c1-14(5-6-15-11-14)13(18)17-9-8-16-7-3-2-4-12(16)10-17/h12,15H,2-11H2,1H3. The third kappa shape index (κ3) is 2.16. The van der Waals surface area contributed by atoms with Gasteiger partial charge in [-0.25, -0.2) is 0 Å². The highest BCUT2D eigenvalue weighted by Gasteiger charge is 2.41. The van der Waals surface area contributed by atoms with Gasteiger partial charge in [0, 0.05) is 32.2 Å². The van der Waals surface area contributed by atoms with Gasteiger partial charge in [0.2, 0.25) is 5.91 Å². The Kier molecular flexibility index (Phi) is 3.32. The van der Waals surface area contributed by atoms with Gasteiger partial charge in [0.25, 0.3) is 0 Å². The molecule has 1 amide bonds. The minimum absolute atomic E-state index is 0.142. The summed E-state index contributed by atoms with van der Waals surface area (Å²) in [6, 6.07) is 0.634. The van der Waals surface area contributed by atoms with Crippen LogP contribution in [0, 0.1) is 5.41 Å². The molecule has 0 aliphatic carbocycles. The van der Waals surface area contributed by atoms with E-state index in [-0.39, 0.29) is 5.41 Å². The van der Waals surface area contributed by atoms with Crippen molar-refractivity contribution in [3.8, 4) is 0 Å². The maximum Gasteiger partial charge on any atom is 0.229 e. The number of rotatable bonds is 1. The average Bonchev–Trinajstić information content (AvgIpc) is 2.85. The normalized spacial score (nSPS) is 37.6. The van der Waals surface area contributed by atoms with Crippen molar-refractivity contribution in [3.05, 3.63) is 0 Å². The van der Waals surface area contributed by atoms with Crippen molar-refractivity contribution in [2.24, 2.45) is 5.41 Å². The summed E-state index contributed by atoms with van der Waals surface area (Å²) >= 11 is 0. The Morgan fingerprint density at radius 3 is 2.94 bits per heavy atom. The molecule has 0 radical (unpaired) electrons. The van der Waals surface area contributed by atoms with Crippen LogP contribution in [0.5, 0.6) is 0 Å². The predicted molar refractivity (Wildman–Crippen MR) is 71.4 cm³/mol. The van der Waals surface area contributed by atoms with Crippen molar-refractivity contribution in [1.82, 2.24) is 15.1 Å². The van der Waals surface area contributed by atoms with Crippen LogP contribution < -0.4 is 5.32 Å². The highest BCUT2D eigenvalue weighted by Crippen LogP contribution is 2.29. The minimum atomic E-state index is -0.142. The Hall–Kier alpha value is -0.610. The number of amides is 1. The van der Waals surface area contributed by atoms with E-state index in [2.05, 4.69) is 22.0 Å². The van der Waals surface area contributed by atoms with Gasteiger partial charge in [-0.3, -0.25) is 9.69 Å². The summed E-state index contributed by atoms with van der Waals surface area (Å²) < 4.78 is 0. The molecule has 2 atom stereocenters. The Labute approximate surface area is 110 Å². The first-order valence-electron chi connectivity index (χ1n) is 7.43. The third-order valence-electron chi connectivity index (χ3n) is 5.01. The highest BCUT2D eigenvalue weighted by molar-refractivity contribution is 5.83. The molecule has 0 spiro atoms. The van der Waals surface area contributed by atoms with E-state index < -0.39 is 0 Å². The molecule has 3 aliphatic heterocycles. The van der Waals surface area contributed by atoms with Crippen LogP contribution in [-0.4, -0.2) is 61.0 Å². The first kappa shape index (κ1) is 12.4. The van der Waals surface area contributed by atoms with Crippen molar-refractivity contribution >= 4 is 5.91 Å². The van der Waals surface area contributed by atoms with Gasteiger partial charge in [0.1, 0.15) is 0 Å². The summed E-state index contributed by atoms with van der Waals surface area (Å²) in [5, 5.41) is 3.33. The summed E-state index contributed by atoms with van der Waals surface area (Å²) in [4.78, 5) is 17.4. The second kappa shape index (κ2) is 4.82. The lowest BCUT2D eigenvalue weighted by Crippen LogP contribution is -2.58. The van der Waals surface area contributed by atoms with Crippen molar-refractivity contribution in [3.63, 3.8) is 0 Å². The fourth-order valence-electron chi connectivity index (χ4n) is 3.72. The molecule has 102 valence electrons. The van der Waals surface area contributed by atoms with Gasteiger partial charge >= 0.3 is 0 Å². The third-order valence-corrected chi connectivity index (χ3v) is 5.01. The first-order chi connectivity index (χ1) is 8.69. The van der Waals surface area contributed by atoms with E-state index >= 15 is 0 Å². The molecule has 3 rings (SSSR count). The van der Waals surface area contributed by atoms with Crippen LogP contribution in [0.2, 0.25) is 0 Å². The molecule has 0 aromatic rings. The number of carbonyl (C=O) groups is 1. The number of hydrogen-bond acceptors (Lipinski definition) is 3. The molecule has 18 heavy (non-hydrogen) atoms. The van der Waals surface area contributed by atoms with E-state index in [1.165, 1.54) is 25.8 Å². The number of nitrogens with zero attached hydrogens (tertiary/aromatic N) is 2. The van der Waals surface area contributed by atoms with E-state index in [0.717, 1.165) is 39.1 Å². The predicted octanol–water partition coefficient (Wildman–Crippen LogP) is 0.683. The lowest BCUT2D eigenvalue weighted by atomic mass is 9.87. The Bertz CT molecular complexity index is 325. The molecular weight excluding hydrogens is 226 g/mol. The van der Waals surface area contributed by atoms with E-state index in [1.807, 2.05) is 0 Å². The largest absolute Gasteiger partial charge is 0.339 e. The maximum atomic E-state index is 12.7. The van der Waals surface area contributed by atoms with Crippen LogP contribution in [0.1, 0.15) is 32.6 Å². The lowest BCUT2D eigenvalue weighted by Gasteiger charge is -2.45. The summed E-state index contributed by atoms with van der Waals surface area (Å²) in [5.41, 5.74) is -0.142. The van der Waals surface area contributed by atoms with Gasteiger partial charge < -0.3 is 10.2 Å². The summed E-state index contributed by atoms with van der Waals surface area (Å²) in [5.74, 6) is 0.387. The second-order valence-corrected chi connectivity index (χ2v) is 6.42. The molecule has 1 N–H and O–H groups in total. The molecule has 3 aliphatic rings. The molecule has 3 fully saturated rings. The van der Waals surface area contributed by atoms with Crippen LogP contribution in [0.3, 0.4) is 0 Å². The molecule has 3 saturated heterocycles. The highest BCUT2D eigenvalue weighted by atomic mass is 16.2. The first-order valence-corrected chi connectivity index (χ1v) is 7.43. The van der Waals surface area contributed by atoms with E-state index in [1.54, 1.807) is 0 Å². The minimum Gasteiger partial charge on any atom is -0.339 e. The molecule has 0 saturated carbocycles. The van der Waals surface area contributed by atoms with Gasteiger partial charge in [-0.2, -0.15) is 0 Å². The van der Waals surface area contributed by atoms with Crippen molar-refractivity contribution in [2.75, 3.05) is 39.3 Å². The average molecular weight is 251 g/mol. The summed E-state index contributed by atoms with van der Waals surface area (Å²) in [6.45, 7) is 8.20. The number of piperazine rings is 1. The molecule has 0 aromatic carbocycles. The monoisotopic (exact) mass is 251 g/mol. The van der Waals surface area contributed by atoms with Crippen molar-refractivity contribution in [2.45, 2.75) is 38.6 Å². The Balaban J connectivity index is 1.64. The van der Waals surface area contributed by atoms with Gasteiger partial charge in [-0.05, 0) is 39.3 Å². The second-order valence-electron chi connectivity index (χ2n) is 6.42. The SMILES string of the molecule is CC1(C(=O)N2CCN3CCCCC3C2)CCNC1. The zero-order chi connectivity index (χ0) is 12.6. The number of hydrogen-bond donors (Lipinski definition) is 1. The van der Waals surface area contributed by atoms with Crippen molar-refractivity contribution < 1.29 is 4.79 Å². The number of fused-ring (bicyclic) bond motifs is 1. The van der Waals surface area contributed by atoms with E-state index in [9.17, 15) is 4.79 Å².